The van der Waals surface area contributed by atoms with E-state index in [2.05, 4.69) is 0 Å². The number of likely N-dealkylation sites (N-methyl/N-ethyl adjacent to an activating group) is 1. The fourth-order valence-corrected chi connectivity index (χ4v) is 3.84. The smallest absolute Gasteiger partial charge is 0.338 e. The number of nitrogens with zero attached hydrogens (tertiary/aromatic N) is 1. The van der Waals surface area contributed by atoms with Gasteiger partial charge in [-0.3, -0.25) is 9.69 Å². The second-order valence-electron chi connectivity index (χ2n) is 5.43. The van der Waals surface area contributed by atoms with Crippen molar-refractivity contribution in [1.29, 1.82) is 0 Å². The number of esters is 1. The standard InChI is InChI=1S/C19H17NO4S2/c1-3-20-17(21)16(26-19(20)25)11-14-9-10-15(24-14)12-5-7-13(8-6-12)18(22)23-4-2/h5-11H,3-4H2,1-2H3/b16-11+. The molecule has 0 N–H and O–H groups in total. The zero-order valence-electron chi connectivity index (χ0n) is 14.4. The number of thioether (sulfide) groups is 1. The molecule has 7 heteroatoms. The highest BCUT2D eigenvalue weighted by atomic mass is 32.2. The quantitative estimate of drug-likeness (QED) is 0.432. The lowest BCUT2D eigenvalue weighted by molar-refractivity contribution is -0.122. The first-order valence-electron chi connectivity index (χ1n) is 8.16. The van der Waals surface area contributed by atoms with E-state index >= 15 is 0 Å². The first-order chi connectivity index (χ1) is 12.5. The molecule has 1 saturated heterocycles. The molecule has 5 nitrogen and oxygen atoms in total. The van der Waals surface area contributed by atoms with E-state index in [4.69, 9.17) is 21.4 Å². The largest absolute Gasteiger partial charge is 0.462 e. The van der Waals surface area contributed by atoms with Gasteiger partial charge >= 0.3 is 5.97 Å². The van der Waals surface area contributed by atoms with E-state index in [0.29, 0.717) is 39.5 Å². The first-order valence-corrected chi connectivity index (χ1v) is 9.38. The lowest BCUT2D eigenvalue weighted by Gasteiger charge is -2.09. The molecule has 1 aliphatic rings. The van der Waals surface area contributed by atoms with Crippen LogP contribution in [0.25, 0.3) is 17.4 Å². The molecule has 2 heterocycles. The third kappa shape index (κ3) is 3.73. The monoisotopic (exact) mass is 387 g/mol. The lowest BCUT2D eigenvalue weighted by atomic mass is 10.1. The van der Waals surface area contributed by atoms with E-state index in [1.165, 1.54) is 11.8 Å². The Labute approximate surface area is 161 Å². The normalized spacial score (nSPS) is 15.8. The molecular formula is C19H17NO4S2. The maximum atomic E-state index is 12.2. The molecule has 1 aromatic heterocycles. The van der Waals surface area contributed by atoms with E-state index < -0.39 is 0 Å². The van der Waals surface area contributed by atoms with Crippen LogP contribution in [0.4, 0.5) is 0 Å². The van der Waals surface area contributed by atoms with Crippen molar-refractivity contribution in [3.63, 3.8) is 0 Å². The summed E-state index contributed by atoms with van der Waals surface area (Å²) in [5, 5.41) is 0. The summed E-state index contributed by atoms with van der Waals surface area (Å²) in [6, 6.07) is 10.6. The highest BCUT2D eigenvalue weighted by molar-refractivity contribution is 8.26. The van der Waals surface area contributed by atoms with Crippen LogP contribution in [0.1, 0.15) is 30.0 Å². The molecule has 0 bridgehead atoms. The summed E-state index contributed by atoms with van der Waals surface area (Å²) < 4.78 is 11.3. The molecule has 0 atom stereocenters. The average molecular weight is 387 g/mol. The summed E-state index contributed by atoms with van der Waals surface area (Å²) >= 11 is 6.48. The minimum Gasteiger partial charge on any atom is -0.462 e. The Kier molecular flexibility index (Phi) is 5.58. The minimum absolute atomic E-state index is 0.0979. The van der Waals surface area contributed by atoms with Crippen LogP contribution in [0.2, 0.25) is 0 Å². The van der Waals surface area contributed by atoms with E-state index in [1.54, 1.807) is 48.2 Å². The van der Waals surface area contributed by atoms with Crippen molar-refractivity contribution in [3.05, 3.63) is 52.6 Å². The minimum atomic E-state index is -0.350. The van der Waals surface area contributed by atoms with Gasteiger partial charge in [-0.1, -0.05) is 36.1 Å². The third-order valence-corrected chi connectivity index (χ3v) is 5.15. The van der Waals surface area contributed by atoms with Crippen LogP contribution in [-0.2, 0) is 9.53 Å². The van der Waals surface area contributed by atoms with Gasteiger partial charge in [-0.05, 0) is 38.1 Å². The molecule has 0 unspecified atom stereocenters. The molecule has 1 amide bonds. The molecule has 134 valence electrons. The van der Waals surface area contributed by atoms with Crippen molar-refractivity contribution in [2.24, 2.45) is 0 Å². The molecular weight excluding hydrogens is 370 g/mol. The van der Waals surface area contributed by atoms with Crippen molar-refractivity contribution < 1.29 is 18.7 Å². The van der Waals surface area contributed by atoms with Crippen molar-refractivity contribution in [1.82, 2.24) is 4.90 Å². The molecule has 0 saturated carbocycles. The van der Waals surface area contributed by atoms with Crippen LogP contribution in [-0.4, -0.2) is 34.2 Å². The van der Waals surface area contributed by atoms with E-state index in [-0.39, 0.29) is 11.9 Å². The van der Waals surface area contributed by atoms with Gasteiger partial charge in [-0.15, -0.1) is 0 Å². The van der Waals surface area contributed by atoms with E-state index in [0.717, 1.165) is 5.56 Å². The van der Waals surface area contributed by atoms with Crippen LogP contribution in [0.3, 0.4) is 0 Å². The van der Waals surface area contributed by atoms with Gasteiger partial charge in [0.1, 0.15) is 15.8 Å². The van der Waals surface area contributed by atoms with Gasteiger partial charge in [0.15, 0.2) is 0 Å². The molecule has 0 spiro atoms. The molecule has 3 rings (SSSR count). The molecule has 0 aliphatic carbocycles. The predicted octanol–water partition coefficient (Wildman–Crippen LogP) is 4.34. The summed E-state index contributed by atoms with van der Waals surface area (Å²) in [4.78, 5) is 26.1. The van der Waals surface area contributed by atoms with Crippen molar-refractivity contribution in [2.45, 2.75) is 13.8 Å². The number of thiocarbonyl (C=S) groups is 1. The molecule has 1 aliphatic heterocycles. The summed E-state index contributed by atoms with van der Waals surface area (Å²) in [6.45, 7) is 4.55. The highest BCUT2D eigenvalue weighted by Gasteiger charge is 2.30. The molecule has 0 radical (unpaired) electrons. The number of ether oxygens (including phenoxy) is 1. The first kappa shape index (κ1) is 18.4. The number of carbonyl (C=O) groups excluding carboxylic acids is 2. The average Bonchev–Trinajstić information content (AvgIpc) is 3.20. The molecule has 1 aromatic carbocycles. The second kappa shape index (κ2) is 7.88. The fraction of sp³-hybridized carbons (Fsp3) is 0.211. The lowest BCUT2D eigenvalue weighted by Crippen LogP contribution is -2.27. The van der Waals surface area contributed by atoms with Crippen molar-refractivity contribution in [3.8, 4) is 11.3 Å². The van der Waals surface area contributed by atoms with E-state index in [1.807, 2.05) is 13.0 Å². The maximum absolute atomic E-state index is 12.2. The van der Waals surface area contributed by atoms with Crippen LogP contribution < -0.4 is 0 Å². The maximum Gasteiger partial charge on any atom is 0.338 e. The number of carbonyl (C=O) groups is 2. The van der Waals surface area contributed by atoms with Gasteiger partial charge in [0.2, 0.25) is 0 Å². The number of furan rings is 1. The fourth-order valence-electron chi connectivity index (χ4n) is 2.47. The van der Waals surface area contributed by atoms with Crippen molar-refractivity contribution in [2.75, 3.05) is 13.2 Å². The van der Waals surface area contributed by atoms with Gasteiger partial charge in [0.05, 0.1) is 17.1 Å². The Balaban J connectivity index is 1.78. The third-order valence-electron chi connectivity index (χ3n) is 3.77. The Morgan fingerprint density at radius 3 is 2.58 bits per heavy atom. The number of amides is 1. The van der Waals surface area contributed by atoms with E-state index in [9.17, 15) is 9.59 Å². The number of hydrogen-bond donors (Lipinski definition) is 0. The zero-order valence-corrected chi connectivity index (χ0v) is 16.0. The Morgan fingerprint density at radius 1 is 1.23 bits per heavy atom. The summed E-state index contributed by atoms with van der Waals surface area (Å²) in [7, 11) is 0. The summed E-state index contributed by atoms with van der Waals surface area (Å²) in [6.07, 6.45) is 1.70. The van der Waals surface area contributed by atoms with Gasteiger partial charge in [0.25, 0.3) is 5.91 Å². The SMILES string of the molecule is CCOC(=O)c1ccc(-c2ccc(/C=C3/SC(=S)N(CC)C3=O)o2)cc1. The highest BCUT2D eigenvalue weighted by Crippen LogP contribution is 2.33. The summed E-state index contributed by atoms with van der Waals surface area (Å²) in [5.74, 6) is 0.778. The van der Waals surface area contributed by atoms with Gasteiger partial charge in [-0.2, -0.15) is 0 Å². The number of benzene rings is 1. The van der Waals surface area contributed by atoms with Gasteiger partial charge in [0, 0.05) is 18.2 Å². The zero-order chi connectivity index (χ0) is 18.7. The van der Waals surface area contributed by atoms with Crippen molar-refractivity contribution >= 4 is 46.3 Å². The Bertz CT molecular complexity index is 883. The number of rotatable bonds is 5. The Morgan fingerprint density at radius 2 is 1.96 bits per heavy atom. The molecule has 2 aromatic rings. The molecule has 26 heavy (non-hydrogen) atoms. The topological polar surface area (TPSA) is 59.8 Å². The van der Waals surface area contributed by atoms with Gasteiger partial charge < -0.3 is 9.15 Å². The van der Waals surface area contributed by atoms with Crippen LogP contribution in [0, 0.1) is 0 Å². The predicted molar refractivity (Wildman–Crippen MR) is 106 cm³/mol. The van der Waals surface area contributed by atoms with Crippen LogP contribution in [0.15, 0.2) is 45.7 Å². The Hall–Kier alpha value is -2.38. The van der Waals surface area contributed by atoms with Crippen LogP contribution in [0.5, 0.6) is 0 Å². The summed E-state index contributed by atoms with van der Waals surface area (Å²) in [5.41, 5.74) is 1.32. The second-order valence-corrected chi connectivity index (χ2v) is 7.10. The van der Waals surface area contributed by atoms with Crippen LogP contribution >= 0.6 is 24.0 Å². The molecule has 1 fully saturated rings. The number of hydrogen-bond acceptors (Lipinski definition) is 6. The van der Waals surface area contributed by atoms with Gasteiger partial charge in [-0.25, -0.2) is 4.79 Å².